The lowest BCUT2D eigenvalue weighted by Crippen LogP contribution is -2.49. The van der Waals surface area contributed by atoms with E-state index >= 15 is 0 Å². The molecule has 2 aliphatic rings. The molecule has 0 radical (unpaired) electrons. The summed E-state index contributed by atoms with van der Waals surface area (Å²) >= 11 is 0. The molecular formula is C22H34N4O3. The van der Waals surface area contributed by atoms with Gasteiger partial charge in [0.15, 0.2) is 0 Å². The van der Waals surface area contributed by atoms with Crippen molar-refractivity contribution >= 4 is 11.9 Å². The van der Waals surface area contributed by atoms with Crippen LogP contribution in [0.4, 0.5) is 4.79 Å². The fourth-order valence-corrected chi connectivity index (χ4v) is 4.20. The van der Waals surface area contributed by atoms with Gasteiger partial charge in [0, 0.05) is 58.8 Å². The number of piperidine rings is 2. The lowest BCUT2D eigenvalue weighted by Gasteiger charge is -2.35. The second-order valence-electron chi connectivity index (χ2n) is 8.35. The fourth-order valence-electron chi connectivity index (χ4n) is 4.20. The molecule has 2 saturated heterocycles. The summed E-state index contributed by atoms with van der Waals surface area (Å²) in [6, 6.07) is 8.49. The Kier molecular flexibility index (Phi) is 7.36. The summed E-state index contributed by atoms with van der Waals surface area (Å²) in [7, 11) is 5.22. The number of carbonyl (C=O) groups is 2. The van der Waals surface area contributed by atoms with Gasteiger partial charge in [0.1, 0.15) is 5.75 Å². The van der Waals surface area contributed by atoms with Crippen LogP contribution in [-0.2, 0) is 11.3 Å². The quantitative estimate of drug-likeness (QED) is 0.820. The zero-order valence-corrected chi connectivity index (χ0v) is 17.9. The number of ether oxygens (including phenoxy) is 1. The van der Waals surface area contributed by atoms with E-state index in [-0.39, 0.29) is 23.9 Å². The Bertz CT molecular complexity index is 693. The summed E-state index contributed by atoms with van der Waals surface area (Å²) in [4.78, 5) is 30.6. The molecule has 1 N–H and O–H groups in total. The summed E-state index contributed by atoms with van der Waals surface area (Å²) in [5, 5.41) is 3.26. The maximum atomic E-state index is 12.7. The molecule has 2 heterocycles. The van der Waals surface area contributed by atoms with Crippen molar-refractivity contribution in [1.82, 2.24) is 20.0 Å². The Labute approximate surface area is 174 Å². The first-order valence-electron chi connectivity index (χ1n) is 10.6. The van der Waals surface area contributed by atoms with E-state index in [2.05, 4.69) is 22.3 Å². The number of hydrogen-bond acceptors (Lipinski definition) is 4. The van der Waals surface area contributed by atoms with Gasteiger partial charge in [-0.05, 0) is 43.4 Å². The van der Waals surface area contributed by atoms with Gasteiger partial charge in [-0.2, -0.15) is 0 Å². The van der Waals surface area contributed by atoms with Crippen molar-refractivity contribution < 1.29 is 14.3 Å². The van der Waals surface area contributed by atoms with Gasteiger partial charge in [-0.1, -0.05) is 12.1 Å². The molecule has 0 unspecified atom stereocenters. The largest absolute Gasteiger partial charge is 0.497 e. The molecule has 1 aromatic carbocycles. The first kappa shape index (κ1) is 21.4. The van der Waals surface area contributed by atoms with Gasteiger partial charge in [0.25, 0.3) is 0 Å². The van der Waals surface area contributed by atoms with Gasteiger partial charge in [0.05, 0.1) is 7.11 Å². The molecule has 2 fully saturated rings. The summed E-state index contributed by atoms with van der Waals surface area (Å²) < 4.78 is 5.30. The standard InChI is InChI=1S/C22H34N4O3/c1-24(2)22(28)26-13-7-18(8-14-26)21(27)23-19-9-11-25(12-10-19)16-17-5-4-6-20(15-17)29-3/h4-6,15,18-19H,7-14,16H2,1-3H3,(H,23,27). The average molecular weight is 403 g/mol. The van der Waals surface area contributed by atoms with Crippen LogP contribution in [0.1, 0.15) is 31.2 Å². The molecule has 160 valence electrons. The van der Waals surface area contributed by atoms with Gasteiger partial charge in [-0.3, -0.25) is 9.69 Å². The fraction of sp³-hybridized carbons (Fsp3) is 0.636. The molecule has 0 spiro atoms. The van der Waals surface area contributed by atoms with E-state index in [1.807, 2.05) is 17.0 Å². The van der Waals surface area contributed by atoms with E-state index in [4.69, 9.17) is 4.74 Å². The zero-order chi connectivity index (χ0) is 20.8. The Morgan fingerprint density at radius 1 is 1.10 bits per heavy atom. The van der Waals surface area contributed by atoms with Gasteiger partial charge < -0.3 is 19.9 Å². The maximum absolute atomic E-state index is 12.7. The van der Waals surface area contributed by atoms with E-state index in [0.29, 0.717) is 13.1 Å². The third kappa shape index (κ3) is 5.85. The number of carbonyl (C=O) groups excluding carboxylic acids is 2. The second-order valence-corrected chi connectivity index (χ2v) is 8.35. The van der Waals surface area contributed by atoms with Gasteiger partial charge in [-0.25, -0.2) is 4.79 Å². The molecule has 0 bridgehead atoms. The lowest BCUT2D eigenvalue weighted by molar-refractivity contribution is -0.127. The monoisotopic (exact) mass is 402 g/mol. The number of urea groups is 1. The number of nitrogens with one attached hydrogen (secondary N) is 1. The van der Waals surface area contributed by atoms with Crippen LogP contribution < -0.4 is 10.1 Å². The Hall–Kier alpha value is -2.28. The van der Waals surface area contributed by atoms with Crippen molar-refractivity contribution in [2.75, 3.05) is 47.4 Å². The molecule has 2 aliphatic heterocycles. The molecule has 29 heavy (non-hydrogen) atoms. The van der Waals surface area contributed by atoms with Crippen LogP contribution in [0, 0.1) is 5.92 Å². The Morgan fingerprint density at radius 3 is 2.41 bits per heavy atom. The number of benzene rings is 1. The van der Waals surface area contributed by atoms with Crippen LogP contribution in [-0.4, -0.2) is 80.1 Å². The van der Waals surface area contributed by atoms with E-state index in [9.17, 15) is 9.59 Å². The van der Waals surface area contributed by atoms with Crippen LogP contribution in [0.3, 0.4) is 0 Å². The third-order valence-corrected chi connectivity index (χ3v) is 5.99. The molecule has 0 saturated carbocycles. The minimum absolute atomic E-state index is 0.0241. The molecule has 7 nitrogen and oxygen atoms in total. The van der Waals surface area contributed by atoms with E-state index in [0.717, 1.165) is 51.1 Å². The highest BCUT2D eigenvalue weighted by atomic mass is 16.5. The first-order valence-corrected chi connectivity index (χ1v) is 10.6. The van der Waals surface area contributed by atoms with Crippen molar-refractivity contribution in [1.29, 1.82) is 0 Å². The SMILES string of the molecule is COc1cccc(CN2CCC(NC(=O)C3CCN(C(=O)N(C)C)CC3)CC2)c1. The number of nitrogens with zero attached hydrogens (tertiary/aromatic N) is 3. The number of amides is 3. The molecule has 0 aliphatic carbocycles. The Morgan fingerprint density at radius 2 is 1.79 bits per heavy atom. The van der Waals surface area contributed by atoms with Crippen LogP contribution in [0.2, 0.25) is 0 Å². The second kappa shape index (κ2) is 9.96. The molecule has 7 heteroatoms. The topological polar surface area (TPSA) is 65.1 Å². The number of hydrogen-bond donors (Lipinski definition) is 1. The predicted molar refractivity (Wildman–Crippen MR) is 113 cm³/mol. The highest BCUT2D eigenvalue weighted by molar-refractivity contribution is 5.80. The van der Waals surface area contributed by atoms with E-state index < -0.39 is 0 Å². The first-order chi connectivity index (χ1) is 14.0. The summed E-state index contributed by atoms with van der Waals surface area (Å²) in [6.45, 7) is 4.20. The summed E-state index contributed by atoms with van der Waals surface area (Å²) in [5.74, 6) is 1.08. The van der Waals surface area contributed by atoms with Crippen LogP contribution in [0.25, 0.3) is 0 Å². The smallest absolute Gasteiger partial charge is 0.319 e. The van der Waals surface area contributed by atoms with Crippen molar-refractivity contribution in [2.24, 2.45) is 5.92 Å². The zero-order valence-electron chi connectivity index (χ0n) is 17.9. The summed E-state index contributed by atoms with van der Waals surface area (Å²) in [6.07, 6.45) is 3.46. The predicted octanol–water partition coefficient (Wildman–Crippen LogP) is 2.17. The molecule has 0 aromatic heterocycles. The van der Waals surface area contributed by atoms with Crippen molar-refractivity contribution in [3.8, 4) is 5.75 Å². The number of methoxy groups -OCH3 is 1. The summed E-state index contributed by atoms with van der Waals surface area (Å²) in [5.41, 5.74) is 1.26. The van der Waals surface area contributed by atoms with E-state index in [1.54, 1.807) is 26.1 Å². The highest BCUT2D eigenvalue weighted by Crippen LogP contribution is 2.21. The van der Waals surface area contributed by atoms with Crippen LogP contribution in [0.5, 0.6) is 5.75 Å². The molecule has 0 atom stereocenters. The Balaban J connectivity index is 1.39. The minimum Gasteiger partial charge on any atom is -0.497 e. The van der Waals surface area contributed by atoms with Crippen molar-refractivity contribution in [3.63, 3.8) is 0 Å². The third-order valence-electron chi connectivity index (χ3n) is 5.99. The molecule has 3 amide bonds. The number of likely N-dealkylation sites (tertiary alicyclic amines) is 2. The van der Waals surface area contributed by atoms with Crippen LogP contribution in [0.15, 0.2) is 24.3 Å². The molecule has 3 rings (SSSR count). The normalized spacial score (nSPS) is 19.1. The van der Waals surface area contributed by atoms with Gasteiger partial charge in [0.2, 0.25) is 5.91 Å². The van der Waals surface area contributed by atoms with Crippen molar-refractivity contribution in [2.45, 2.75) is 38.3 Å². The van der Waals surface area contributed by atoms with Crippen molar-refractivity contribution in [3.05, 3.63) is 29.8 Å². The highest BCUT2D eigenvalue weighted by Gasteiger charge is 2.30. The molecular weight excluding hydrogens is 368 g/mol. The van der Waals surface area contributed by atoms with Gasteiger partial charge in [-0.15, -0.1) is 0 Å². The maximum Gasteiger partial charge on any atom is 0.319 e. The average Bonchev–Trinajstić information content (AvgIpc) is 2.74. The van der Waals surface area contributed by atoms with E-state index in [1.165, 1.54) is 5.56 Å². The number of rotatable bonds is 5. The minimum atomic E-state index is 0.0241. The van der Waals surface area contributed by atoms with Crippen LogP contribution >= 0.6 is 0 Å². The van der Waals surface area contributed by atoms with Gasteiger partial charge >= 0.3 is 6.03 Å². The molecule has 1 aromatic rings. The lowest BCUT2D eigenvalue weighted by atomic mass is 9.94.